The molecule has 0 atom stereocenters. The van der Waals surface area contributed by atoms with Crippen LogP contribution in [0.1, 0.15) is 0 Å². The summed E-state index contributed by atoms with van der Waals surface area (Å²) in [6.45, 7) is 0. The molecule has 1 radical (unpaired) electrons. The first-order valence-electron chi connectivity index (χ1n) is 3.32. The van der Waals surface area contributed by atoms with E-state index in [0.717, 1.165) is 0 Å². The standard InChI is InChI=1S/C6H5.6H2N.W/c1-2-4-6-5-3-1;;;;;;;/h1-5H;6*1H2;/q;6*-1;+6. The van der Waals surface area contributed by atoms with Crippen molar-refractivity contribution in [3.63, 3.8) is 0 Å². The Hall–Kier alpha value is -0.332. The van der Waals surface area contributed by atoms with Crippen LogP contribution in [-0.4, -0.2) is 0 Å². The Morgan fingerprint density at radius 3 is 1.08 bits per heavy atom. The van der Waals surface area contributed by atoms with Gasteiger partial charge in [-0.3, -0.25) is 0 Å². The second-order valence-electron chi connectivity index (χ2n) is 3.12. The number of hydrogen-bond donors (Lipinski definition) is 6. The van der Waals surface area contributed by atoms with Crippen LogP contribution in [0.4, 0.5) is 0 Å². The Labute approximate surface area is 77.5 Å². The molecule has 0 aliphatic rings. The zero-order chi connectivity index (χ0) is 10.7. The van der Waals surface area contributed by atoms with E-state index < -0.39 is 15.1 Å². The Kier molecular flexibility index (Phi) is 3.03. The summed E-state index contributed by atoms with van der Waals surface area (Å²) in [5.41, 5.74) is 0. The molecular weight excluding hydrogens is 340 g/mol. The van der Waals surface area contributed by atoms with E-state index in [2.05, 4.69) is 6.07 Å². The van der Waals surface area contributed by atoms with E-state index in [-0.39, 0.29) is 0 Å². The molecule has 0 aliphatic carbocycles. The third kappa shape index (κ3) is 33.9. The van der Waals surface area contributed by atoms with Crippen LogP contribution in [0, 0.1) is 6.07 Å². The predicted octanol–water partition coefficient (Wildman–Crippen LogP) is -2.06. The van der Waals surface area contributed by atoms with Crippen molar-refractivity contribution in [1.29, 1.82) is 0 Å². The molecule has 1 rings (SSSR count). The average molecular weight is 357 g/mol. The first-order valence-corrected chi connectivity index (χ1v) is 13.5. The van der Waals surface area contributed by atoms with Crippen LogP contribution in [0.2, 0.25) is 0 Å². The second kappa shape index (κ2) is 3.11. The number of nitrogens with two attached hydrogens (primary N) is 6. The van der Waals surface area contributed by atoms with Crippen molar-refractivity contribution in [3.8, 4) is 0 Å². The van der Waals surface area contributed by atoms with E-state index in [0.29, 0.717) is 0 Å². The Morgan fingerprint density at radius 2 is 1.00 bits per heavy atom. The molecule has 77 valence electrons. The second-order valence-corrected chi connectivity index (χ2v) is 17.8. The monoisotopic (exact) mass is 357 g/mol. The average Bonchev–Trinajstić information content (AvgIpc) is 1.84. The Balaban J connectivity index is 0.000000223. The maximum absolute atomic E-state index is 5.31. The fraction of sp³-hybridized carbons (Fsp3) is 0. The summed E-state index contributed by atoms with van der Waals surface area (Å²) in [7, 11) is 0. The first-order chi connectivity index (χ1) is 5.45. The van der Waals surface area contributed by atoms with Crippen LogP contribution in [0.5, 0.6) is 0 Å². The van der Waals surface area contributed by atoms with Gasteiger partial charge >= 0.3 is 40.8 Å². The Bertz CT molecular complexity index is 209. The van der Waals surface area contributed by atoms with Crippen LogP contribution in [0.15, 0.2) is 30.3 Å². The summed E-state index contributed by atoms with van der Waals surface area (Å²) in [5, 5.41) is 0. The van der Waals surface area contributed by atoms with Crippen molar-refractivity contribution in [2.75, 3.05) is 0 Å². The minimum Gasteiger partial charge on any atom is -0.0622 e. The summed E-state index contributed by atoms with van der Waals surface area (Å²) in [6.07, 6.45) is 0. The molecule has 6 nitrogen and oxygen atoms in total. The summed E-state index contributed by atoms with van der Waals surface area (Å²) in [4.78, 5) is 0. The van der Waals surface area contributed by atoms with Gasteiger partial charge in [-0.05, 0) is 6.07 Å². The maximum atomic E-state index is 4.93. The molecule has 13 heavy (non-hydrogen) atoms. The van der Waals surface area contributed by atoms with E-state index >= 15 is 0 Å². The molecule has 1 aromatic rings. The molecule has 7 heteroatoms. The van der Waals surface area contributed by atoms with Gasteiger partial charge in [-0.2, -0.15) is 0 Å². The van der Waals surface area contributed by atoms with E-state index in [1.54, 1.807) is 0 Å². The van der Waals surface area contributed by atoms with E-state index in [1.807, 2.05) is 30.3 Å². The fourth-order valence-electron chi connectivity index (χ4n) is 0.342. The van der Waals surface area contributed by atoms with Crippen LogP contribution in [-0.2, 0) is 15.1 Å². The first kappa shape index (κ1) is 12.7. The van der Waals surface area contributed by atoms with Gasteiger partial charge in [-0.1, -0.05) is 30.3 Å². The van der Waals surface area contributed by atoms with E-state index in [9.17, 15) is 0 Å². The fourth-order valence-corrected chi connectivity index (χ4v) is 0.342. The molecule has 0 fully saturated rings. The summed E-state index contributed by atoms with van der Waals surface area (Å²) in [5.74, 6) is 0. The van der Waals surface area contributed by atoms with Crippen molar-refractivity contribution < 1.29 is 15.1 Å². The van der Waals surface area contributed by atoms with E-state index in [1.165, 1.54) is 0 Å². The summed E-state index contributed by atoms with van der Waals surface area (Å²) < 4.78 is 29.6. The van der Waals surface area contributed by atoms with Crippen molar-refractivity contribution in [2.45, 2.75) is 0 Å². The van der Waals surface area contributed by atoms with Crippen LogP contribution in [0.25, 0.3) is 0 Å². The van der Waals surface area contributed by atoms with Crippen molar-refractivity contribution in [1.82, 2.24) is 0 Å². The van der Waals surface area contributed by atoms with Gasteiger partial charge in [0.2, 0.25) is 0 Å². The van der Waals surface area contributed by atoms with Gasteiger partial charge < -0.3 is 0 Å². The number of rotatable bonds is 0. The molecule has 0 aliphatic heterocycles. The zero-order valence-electron chi connectivity index (χ0n) is 7.26. The largest absolute Gasteiger partial charge is 0.0622 e. The third-order valence-corrected chi connectivity index (χ3v) is 0.607. The van der Waals surface area contributed by atoms with Gasteiger partial charge in [0.1, 0.15) is 0 Å². The molecule has 0 spiro atoms. The van der Waals surface area contributed by atoms with Crippen molar-refractivity contribution >= 4 is 0 Å². The summed E-state index contributed by atoms with van der Waals surface area (Å²) in [6, 6.07) is 12.5. The molecule has 0 aromatic heterocycles. The number of hydrogen-bond acceptors (Lipinski definition) is 6. The van der Waals surface area contributed by atoms with Gasteiger partial charge in [0.05, 0.1) is 0 Å². The van der Waals surface area contributed by atoms with Gasteiger partial charge in [0.15, 0.2) is 0 Å². The molecule has 0 amide bonds. The van der Waals surface area contributed by atoms with Gasteiger partial charge in [-0.15, -0.1) is 0 Å². The van der Waals surface area contributed by atoms with Crippen molar-refractivity contribution in [3.05, 3.63) is 36.4 Å². The van der Waals surface area contributed by atoms with Crippen LogP contribution < -0.4 is 25.8 Å². The van der Waals surface area contributed by atoms with Crippen LogP contribution >= 0.6 is 0 Å². The number of benzene rings is 1. The van der Waals surface area contributed by atoms with E-state index in [4.69, 9.17) is 25.8 Å². The molecule has 0 saturated heterocycles. The molecule has 0 saturated carbocycles. The quantitative estimate of drug-likeness (QED) is 0.314. The van der Waals surface area contributed by atoms with Gasteiger partial charge in [-0.25, -0.2) is 0 Å². The summed E-state index contributed by atoms with van der Waals surface area (Å²) >= 11 is -5.31. The van der Waals surface area contributed by atoms with Gasteiger partial charge in [0, 0.05) is 0 Å². The molecular formula is C6H17N6W. The molecule has 0 bridgehead atoms. The minimum atomic E-state index is -5.31. The molecule has 0 heterocycles. The molecule has 0 unspecified atom stereocenters. The minimum absolute atomic E-state index is 1.88. The maximum Gasteiger partial charge on any atom is -0.0184 e. The van der Waals surface area contributed by atoms with Gasteiger partial charge in [0.25, 0.3) is 0 Å². The van der Waals surface area contributed by atoms with Crippen molar-refractivity contribution in [2.24, 2.45) is 25.8 Å². The zero-order valence-corrected chi connectivity index (χ0v) is 10.2. The molecule has 1 aromatic carbocycles. The van der Waals surface area contributed by atoms with Crippen LogP contribution in [0.3, 0.4) is 0 Å². The topological polar surface area (TPSA) is 156 Å². The third-order valence-electron chi connectivity index (χ3n) is 0.607. The predicted molar refractivity (Wildman–Crippen MR) is 50.4 cm³/mol. The normalized spacial score (nSPS) is 16.2. The molecule has 12 N–H and O–H groups in total. The Morgan fingerprint density at radius 1 is 0.692 bits per heavy atom. The SMILES string of the molecule is [NH2][W]([NH2])([NH2])([NH2])([NH2])[NH2].[c]1ccccc1. The smallest absolute Gasteiger partial charge is 0.0184 e.